The fourth-order valence-electron chi connectivity index (χ4n) is 3.23. The summed E-state index contributed by atoms with van der Waals surface area (Å²) in [5, 5.41) is 0. The first-order valence-corrected chi connectivity index (χ1v) is 12.1. The molecule has 0 bridgehead atoms. The Labute approximate surface area is 184 Å². The fourth-order valence-corrected chi connectivity index (χ4v) is 3.23. The van der Waals surface area contributed by atoms with Gasteiger partial charge in [0.15, 0.2) is 6.10 Å². The lowest BCUT2D eigenvalue weighted by Crippen LogP contribution is -2.28. The molecule has 176 valence electrons. The first-order valence-electron chi connectivity index (χ1n) is 12.1. The van der Waals surface area contributed by atoms with Crippen LogP contribution in [0.3, 0.4) is 0 Å². The Hall–Kier alpha value is -1.36. The molecule has 0 heterocycles. The number of unbranched alkanes of at least 4 members (excludes halogenated alkanes) is 12. The average molecular weight is 427 g/mol. The lowest BCUT2D eigenvalue weighted by Gasteiger charge is -2.16. The van der Waals surface area contributed by atoms with Crippen LogP contribution in [-0.2, 0) is 23.8 Å². The van der Waals surface area contributed by atoms with Crippen molar-refractivity contribution in [3.63, 3.8) is 0 Å². The minimum Gasteiger partial charge on any atom is -0.462 e. The monoisotopic (exact) mass is 426 g/mol. The number of carbonyl (C=O) groups is 2. The number of allylic oxidation sites excluding steroid dienone is 2. The van der Waals surface area contributed by atoms with Gasteiger partial charge in [0.25, 0.3) is 0 Å². The number of carbonyl (C=O) groups excluding carboxylic acids is 2. The van der Waals surface area contributed by atoms with Crippen LogP contribution < -0.4 is 0 Å². The van der Waals surface area contributed by atoms with Crippen molar-refractivity contribution in [2.24, 2.45) is 0 Å². The van der Waals surface area contributed by atoms with Gasteiger partial charge in [-0.2, -0.15) is 0 Å². The first-order chi connectivity index (χ1) is 14.6. The van der Waals surface area contributed by atoms with Crippen molar-refractivity contribution >= 4 is 11.9 Å². The van der Waals surface area contributed by atoms with Crippen molar-refractivity contribution in [2.45, 2.75) is 117 Å². The Morgan fingerprint density at radius 1 is 0.700 bits per heavy atom. The molecule has 0 aromatic carbocycles. The van der Waals surface area contributed by atoms with Gasteiger partial charge in [-0.15, -0.1) is 0 Å². The van der Waals surface area contributed by atoms with E-state index in [2.05, 4.69) is 19.1 Å². The maximum Gasteiger partial charge on any atom is 0.303 e. The normalized spacial score (nSPS) is 12.2. The maximum absolute atomic E-state index is 11.1. The zero-order chi connectivity index (χ0) is 22.3. The van der Waals surface area contributed by atoms with E-state index < -0.39 is 12.1 Å². The van der Waals surface area contributed by atoms with Crippen molar-refractivity contribution in [3.8, 4) is 0 Å². The molecule has 5 nitrogen and oxygen atoms in total. The summed E-state index contributed by atoms with van der Waals surface area (Å²) in [5.74, 6) is -0.784. The quantitative estimate of drug-likeness (QED) is 0.118. The smallest absolute Gasteiger partial charge is 0.303 e. The molecule has 0 N–H and O–H groups in total. The van der Waals surface area contributed by atoms with E-state index in [0.717, 1.165) is 12.8 Å². The molecule has 0 aliphatic carbocycles. The Morgan fingerprint density at radius 2 is 1.23 bits per heavy atom. The topological polar surface area (TPSA) is 61.8 Å². The zero-order valence-corrected chi connectivity index (χ0v) is 19.8. The highest BCUT2D eigenvalue weighted by Gasteiger charge is 2.14. The van der Waals surface area contributed by atoms with Crippen molar-refractivity contribution < 1.29 is 23.8 Å². The van der Waals surface area contributed by atoms with Crippen LogP contribution in [0.15, 0.2) is 12.2 Å². The Balaban J connectivity index is 3.41. The molecule has 1 atom stereocenters. The molecule has 0 amide bonds. The van der Waals surface area contributed by atoms with Crippen LogP contribution in [0.2, 0.25) is 0 Å². The van der Waals surface area contributed by atoms with Gasteiger partial charge in [0.1, 0.15) is 6.61 Å². The van der Waals surface area contributed by atoms with Gasteiger partial charge < -0.3 is 14.2 Å². The summed E-state index contributed by atoms with van der Waals surface area (Å²) in [6.45, 7) is 5.88. The van der Waals surface area contributed by atoms with E-state index >= 15 is 0 Å². The van der Waals surface area contributed by atoms with Crippen LogP contribution in [0.5, 0.6) is 0 Å². The predicted molar refractivity (Wildman–Crippen MR) is 122 cm³/mol. The SMILES string of the molecule is CCCCCCCC/C=C\CCCCCCCCOC[C@@H](COC(C)=O)OC(C)=O. The standard InChI is InChI=1S/C25H46O5/c1-4-5-6-7-8-9-10-11-12-13-14-15-16-17-18-19-20-28-21-25(30-24(3)27)22-29-23(2)26/h11-12,25H,4-10,13-22H2,1-3H3/b12-11-/t25-/m0/s1. The van der Waals surface area contributed by atoms with Crippen molar-refractivity contribution in [3.05, 3.63) is 12.2 Å². The molecule has 0 aliphatic heterocycles. The van der Waals surface area contributed by atoms with Crippen LogP contribution in [0, 0.1) is 0 Å². The number of esters is 2. The highest BCUT2D eigenvalue weighted by atomic mass is 16.6. The van der Waals surface area contributed by atoms with Gasteiger partial charge in [0.05, 0.1) is 6.61 Å². The van der Waals surface area contributed by atoms with Gasteiger partial charge in [-0.25, -0.2) is 0 Å². The van der Waals surface area contributed by atoms with Gasteiger partial charge >= 0.3 is 11.9 Å². The molecule has 0 unspecified atom stereocenters. The molecule has 0 saturated heterocycles. The minimum absolute atomic E-state index is 0.0440. The van der Waals surface area contributed by atoms with Crippen molar-refractivity contribution in [2.75, 3.05) is 19.8 Å². The van der Waals surface area contributed by atoms with Gasteiger partial charge in [-0.05, 0) is 32.1 Å². The second kappa shape index (κ2) is 22.3. The highest BCUT2D eigenvalue weighted by Crippen LogP contribution is 2.10. The van der Waals surface area contributed by atoms with Crippen molar-refractivity contribution in [1.82, 2.24) is 0 Å². The molecule has 0 aromatic rings. The predicted octanol–water partition coefficient (Wildman–Crippen LogP) is 6.54. The molecule has 0 spiro atoms. The number of hydrogen-bond acceptors (Lipinski definition) is 5. The summed E-state index contributed by atoms with van der Waals surface area (Å²) >= 11 is 0. The van der Waals surface area contributed by atoms with E-state index in [0.29, 0.717) is 6.61 Å². The zero-order valence-electron chi connectivity index (χ0n) is 19.8. The van der Waals surface area contributed by atoms with Crippen LogP contribution in [-0.4, -0.2) is 37.9 Å². The van der Waals surface area contributed by atoms with Crippen LogP contribution in [0.1, 0.15) is 111 Å². The van der Waals surface area contributed by atoms with Crippen LogP contribution in [0.4, 0.5) is 0 Å². The Bertz CT molecular complexity index is 433. The summed E-state index contributed by atoms with van der Waals surface area (Å²) in [5.41, 5.74) is 0. The van der Waals surface area contributed by atoms with Gasteiger partial charge in [0, 0.05) is 20.5 Å². The molecule has 0 rings (SSSR count). The maximum atomic E-state index is 11.1. The Morgan fingerprint density at radius 3 is 1.77 bits per heavy atom. The Kier molecular flexibility index (Phi) is 21.3. The molecular weight excluding hydrogens is 380 g/mol. The second-order valence-electron chi connectivity index (χ2n) is 8.05. The molecule has 0 radical (unpaired) electrons. The van der Waals surface area contributed by atoms with E-state index in [-0.39, 0.29) is 19.2 Å². The van der Waals surface area contributed by atoms with Gasteiger partial charge in [-0.3, -0.25) is 9.59 Å². The highest BCUT2D eigenvalue weighted by molar-refractivity contribution is 5.67. The molecule has 0 saturated carbocycles. The van der Waals surface area contributed by atoms with Gasteiger partial charge in [0.2, 0.25) is 0 Å². The summed E-state index contributed by atoms with van der Waals surface area (Å²) in [4.78, 5) is 21.9. The molecule has 30 heavy (non-hydrogen) atoms. The van der Waals surface area contributed by atoms with E-state index in [4.69, 9.17) is 14.2 Å². The largest absolute Gasteiger partial charge is 0.462 e. The summed E-state index contributed by atoms with van der Waals surface area (Å²) in [6, 6.07) is 0. The van der Waals surface area contributed by atoms with E-state index in [1.54, 1.807) is 0 Å². The summed E-state index contributed by atoms with van der Waals surface area (Å²) in [6.07, 6.45) is 22.1. The van der Waals surface area contributed by atoms with Gasteiger partial charge in [-0.1, -0.05) is 76.9 Å². The van der Waals surface area contributed by atoms with Crippen LogP contribution in [0.25, 0.3) is 0 Å². The lowest BCUT2D eigenvalue weighted by atomic mass is 10.1. The minimum atomic E-state index is -0.527. The molecule has 0 aromatic heterocycles. The third kappa shape index (κ3) is 22.9. The van der Waals surface area contributed by atoms with E-state index in [9.17, 15) is 9.59 Å². The second-order valence-corrected chi connectivity index (χ2v) is 8.05. The third-order valence-electron chi connectivity index (χ3n) is 4.91. The molecule has 5 heteroatoms. The molecular formula is C25H46O5. The first kappa shape index (κ1) is 28.6. The van der Waals surface area contributed by atoms with E-state index in [1.165, 1.54) is 90.9 Å². The number of rotatable bonds is 21. The molecule has 0 fully saturated rings. The fraction of sp³-hybridized carbons (Fsp3) is 0.840. The van der Waals surface area contributed by atoms with E-state index in [1.807, 2.05) is 0 Å². The number of ether oxygens (including phenoxy) is 3. The average Bonchev–Trinajstić information content (AvgIpc) is 2.70. The number of hydrogen-bond donors (Lipinski definition) is 0. The van der Waals surface area contributed by atoms with Crippen LogP contribution >= 0.6 is 0 Å². The van der Waals surface area contributed by atoms with Crippen molar-refractivity contribution in [1.29, 1.82) is 0 Å². The summed E-state index contributed by atoms with van der Waals surface area (Å²) in [7, 11) is 0. The lowest BCUT2D eigenvalue weighted by molar-refractivity contribution is -0.159. The molecule has 0 aliphatic rings. The third-order valence-corrected chi connectivity index (χ3v) is 4.91. The summed E-state index contributed by atoms with van der Waals surface area (Å²) < 4.78 is 15.5.